The van der Waals surface area contributed by atoms with Crippen LogP contribution in [-0.2, 0) is 4.79 Å². The molecule has 1 aliphatic heterocycles. The normalized spacial score (nSPS) is 14.7. The molecule has 0 aliphatic carbocycles. The number of phenolic OH excluding ortho intramolecular Hbond substituents is 1. The summed E-state index contributed by atoms with van der Waals surface area (Å²) in [6, 6.07) is 4.14. The molecule has 8 heteroatoms. The van der Waals surface area contributed by atoms with Crippen molar-refractivity contribution >= 4 is 40.1 Å². The number of amides is 2. The van der Waals surface area contributed by atoms with Gasteiger partial charge >= 0.3 is 0 Å². The molecule has 19 heavy (non-hydrogen) atoms. The van der Waals surface area contributed by atoms with Crippen LogP contribution in [0.25, 0.3) is 0 Å². The molecule has 2 amide bonds. The lowest BCUT2D eigenvalue weighted by molar-refractivity contribution is -0.125. The van der Waals surface area contributed by atoms with E-state index in [1.807, 2.05) is 0 Å². The fraction of sp³-hybridized carbons (Fsp3) is 0.182. The summed E-state index contributed by atoms with van der Waals surface area (Å²) in [6.45, 7) is 0. The third-order valence-electron chi connectivity index (χ3n) is 2.41. The van der Waals surface area contributed by atoms with E-state index < -0.39 is 5.91 Å². The molecule has 1 fully saturated rings. The summed E-state index contributed by atoms with van der Waals surface area (Å²) in [5.41, 5.74) is 2.66. The van der Waals surface area contributed by atoms with Gasteiger partial charge in [-0.2, -0.15) is 0 Å². The van der Waals surface area contributed by atoms with Crippen LogP contribution in [0.1, 0.15) is 10.4 Å². The molecule has 1 saturated heterocycles. The zero-order valence-electron chi connectivity index (χ0n) is 9.87. The highest BCUT2D eigenvalue weighted by molar-refractivity contribution is 8.23. The van der Waals surface area contributed by atoms with E-state index in [1.54, 1.807) is 0 Å². The SMILES string of the molecule is COc1cc(C(=O)NN2C(=O)CSC2=S)ccc1O. The summed E-state index contributed by atoms with van der Waals surface area (Å²) in [5.74, 6) is -0.441. The van der Waals surface area contributed by atoms with E-state index >= 15 is 0 Å². The van der Waals surface area contributed by atoms with E-state index in [-0.39, 0.29) is 28.7 Å². The van der Waals surface area contributed by atoms with Crippen molar-refractivity contribution in [1.82, 2.24) is 10.4 Å². The van der Waals surface area contributed by atoms with Gasteiger partial charge in [-0.05, 0) is 18.2 Å². The molecule has 0 spiro atoms. The molecule has 0 aromatic heterocycles. The van der Waals surface area contributed by atoms with Crippen molar-refractivity contribution < 1.29 is 19.4 Å². The molecule has 1 aromatic rings. The molecule has 1 aromatic carbocycles. The van der Waals surface area contributed by atoms with Gasteiger partial charge in [-0.25, -0.2) is 5.01 Å². The number of benzene rings is 1. The van der Waals surface area contributed by atoms with Gasteiger partial charge in [-0.1, -0.05) is 24.0 Å². The largest absolute Gasteiger partial charge is 0.504 e. The minimum atomic E-state index is -0.503. The Kier molecular flexibility index (Phi) is 3.91. The number of hydrogen-bond acceptors (Lipinski definition) is 6. The van der Waals surface area contributed by atoms with E-state index in [2.05, 4.69) is 5.43 Å². The number of phenols is 1. The van der Waals surface area contributed by atoms with Gasteiger partial charge in [0.1, 0.15) is 0 Å². The number of aromatic hydroxyl groups is 1. The fourth-order valence-corrected chi connectivity index (χ4v) is 2.42. The van der Waals surface area contributed by atoms with Crippen LogP contribution in [0.5, 0.6) is 11.5 Å². The number of nitrogens with one attached hydrogen (secondary N) is 1. The molecular formula is C11H10N2O4S2. The number of hydrogen-bond donors (Lipinski definition) is 2. The summed E-state index contributed by atoms with van der Waals surface area (Å²) in [7, 11) is 1.38. The van der Waals surface area contributed by atoms with Crippen molar-refractivity contribution in [3.63, 3.8) is 0 Å². The number of nitrogens with zero attached hydrogens (tertiary/aromatic N) is 1. The average Bonchev–Trinajstić information content (AvgIpc) is 2.71. The van der Waals surface area contributed by atoms with E-state index in [9.17, 15) is 14.7 Å². The van der Waals surface area contributed by atoms with Gasteiger partial charge in [0.2, 0.25) is 0 Å². The zero-order valence-corrected chi connectivity index (χ0v) is 11.5. The van der Waals surface area contributed by atoms with Crippen LogP contribution in [0.4, 0.5) is 0 Å². The van der Waals surface area contributed by atoms with Crippen molar-refractivity contribution in [2.75, 3.05) is 12.9 Å². The maximum absolute atomic E-state index is 12.0. The highest BCUT2D eigenvalue weighted by atomic mass is 32.2. The molecule has 6 nitrogen and oxygen atoms in total. The maximum Gasteiger partial charge on any atom is 0.270 e. The average molecular weight is 298 g/mol. The van der Waals surface area contributed by atoms with Crippen LogP contribution in [0.2, 0.25) is 0 Å². The number of carbonyl (C=O) groups excluding carboxylic acids is 2. The third-order valence-corrected chi connectivity index (χ3v) is 3.76. The number of thiocarbonyl (C=S) groups is 1. The molecule has 0 radical (unpaired) electrons. The van der Waals surface area contributed by atoms with Gasteiger partial charge in [0.15, 0.2) is 15.8 Å². The van der Waals surface area contributed by atoms with Crippen molar-refractivity contribution in [1.29, 1.82) is 0 Å². The van der Waals surface area contributed by atoms with Crippen LogP contribution in [0.3, 0.4) is 0 Å². The Morgan fingerprint density at radius 1 is 1.58 bits per heavy atom. The quantitative estimate of drug-likeness (QED) is 0.808. The molecular weight excluding hydrogens is 288 g/mol. The predicted molar refractivity (Wildman–Crippen MR) is 74.0 cm³/mol. The highest BCUT2D eigenvalue weighted by Crippen LogP contribution is 2.26. The van der Waals surface area contributed by atoms with Gasteiger partial charge in [0.25, 0.3) is 11.8 Å². The minimum absolute atomic E-state index is 0.0672. The number of carbonyl (C=O) groups is 2. The first-order chi connectivity index (χ1) is 9.02. The molecule has 2 N–H and O–H groups in total. The second-order valence-corrected chi connectivity index (χ2v) is 5.22. The molecule has 100 valence electrons. The molecule has 0 saturated carbocycles. The summed E-state index contributed by atoms with van der Waals surface area (Å²) >= 11 is 6.13. The Morgan fingerprint density at radius 2 is 2.32 bits per heavy atom. The first-order valence-corrected chi connectivity index (χ1v) is 6.60. The standard InChI is InChI=1S/C11H10N2O4S2/c1-17-8-4-6(2-3-7(8)14)10(16)12-13-9(15)5-19-11(13)18/h2-4,14H,5H2,1H3,(H,12,16). The van der Waals surface area contributed by atoms with Crippen LogP contribution in [0, 0.1) is 0 Å². The lowest BCUT2D eigenvalue weighted by Crippen LogP contribution is -2.45. The van der Waals surface area contributed by atoms with Crippen LogP contribution in [-0.4, -0.2) is 39.1 Å². The summed E-state index contributed by atoms with van der Waals surface area (Å²) in [4.78, 5) is 23.4. The lowest BCUT2D eigenvalue weighted by Gasteiger charge is -2.16. The molecule has 0 unspecified atom stereocenters. The zero-order chi connectivity index (χ0) is 14.0. The van der Waals surface area contributed by atoms with Crippen molar-refractivity contribution in [2.45, 2.75) is 0 Å². The number of ether oxygens (including phenoxy) is 1. The third kappa shape index (κ3) is 2.79. The van der Waals surface area contributed by atoms with E-state index in [1.165, 1.54) is 37.1 Å². The van der Waals surface area contributed by atoms with Gasteiger partial charge in [-0.15, -0.1) is 0 Å². The Bertz CT molecular complexity index is 546. The van der Waals surface area contributed by atoms with Crippen molar-refractivity contribution in [3.05, 3.63) is 23.8 Å². The molecule has 0 bridgehead atoms. The Labute approximate surface area is 118 Å². The lowest BCUT2D eigenvalue weighted by atomic mass is 10.2. The molecule has 0 atom stereocenters. The summed E-state index contributed by atoms with van der Waals surface area (Å²) in [6.07, 6.45) is 0. The number of hydrazine groups is 1. The van der Waals surface area contributed by atoms with Gasteiger partial charge in [-0.3, -0.25) is 15.0 Å². The van der Waals surface area contributed by atoms with E-state index in [4.69, 9.17) is 17.0 Å². The Balaban J connectivity index is 2.16. The Morgan fingerprint density at radius 3 is 2.89 bits per heavy atom. The smallest absolute Gasteiger partial charge is 0.270 e. The van der Waals surface area contributed by atoms with Crippen LogP contribution in [0.15, 0.2) is 18.2 Å². The van der Waals surface area contributed by atoms with Gasteiger partial charge in [0, 0.05) is 5.56 Å². The highest BCUT2D eigenvalue weighted by Gasteiger charge is 2.28. The number of methoxy groups -OCH3 is 1. The second kappa shape index (κ2) is 5.45. The topological polar surface area (TPSA) is 78.9 Å². The molecule has 1 heterocycles. The van der Waals surface area contributed by atoms with E-state index in [0.717, 1.165) is 5.01 Å². The van der Waals surface area contributed by atoms with Crippen molar-refractivity contribution in [3.8, 4) is 11.5 Å². The fourth-order valence-electron chi connectivity index (χ4n) is 1.45. The number of rotatable bonds is 3. The first-order valence-electron chi connectivity index (χ1n) is 5.20. The van der Waals surface area contributed by atoms with Crippen molar-refractivity contribution in [2.24, 2.45) is 0 Å². The summed E-state index contributed by atoms with van der Waals surface area (Å²) in [5, 5.41) is 10.5. The Hall–Kier alpha value is -1.80. The first kappa shape index (κ1) is 13.6. The molecule has 2 rings (SSSR count). The number of thioether (sulfide) groups is 1. The van der Waals surface area contributed by atoms with Crippen LogP contribution < -0.4 is 10.2 Å². The van der Waals surface area contributed by atoms with E-state index in [0.29, 0.717) is 4.32 Å². The maximum atomic E-state index is 12.0. The minimum Gasteiger partial charge on any atom is -0.504 e. The summed E-state index contributed by atoms with van der Waals surface area (Å²) < 4.78 is 5.22. The van der Waals surface area contributed by atoms with Gasteiger partial charge in [0.05, 0.1) is 12.9 Å². The molecule has 1 aliphatic rings. The van der Waals surface area contributed by atoms with Gasteiger partial charge < -0.3 is 9.84 Å². The predicted octanol–water partition coefficient (Wildman–Crippen LogP) is 0.906. The van der Waals surface area contributed by atoms with Crippen LogP contribution >= 0.6 is 24.0 Å². The monoisotopic (exact) mass is 298 g/mol. The second-order valence-electron chi connectivity index (χ2n) is 3.61.